The molecule has 0 aromatic heterocycles. The van der Waals surface area contributed by atoms with Crippen LogP contribution in [0.1, 0.15) is 5.56 Å². The van der Waals surface area contributed by atoms with Gasteiger partial charge in [0.1, 0.15) is 5.70 Å². The lowest BCUT2D eigenvalue weighted by atomic mass is 10.0. The molecule has 0 aliphatic carbocycles. The molecule has 1 aliphatic rings. The number of hydrogen-bond acceptors (Lipinski definition) is 3. The van der Waals surface area contributed by atoms with E-state index in [1.807, 2.05) is 30.3 Å². The first-order valence-corrected chi connectivity index (χ1v) is 9.27. The number of para-hydroxylation sites is 1. The zero-order valence-corrected chi connectivity index (χ0v) is 16.0. The summed E-state index contributed by atoms with van der Waals surface area (Å²) in [6.45, 7) is 0. The Balaban J connectivity index is 1.83. The highest BCUT2D eigenvalue weighted by atomic mass is 35.5. The highest BCUT2D eigenvalue weighted by Crippen LogP contribution is 2.34. The molecule has 0 saturated carbocycles. The van der Waals surface area contributed by atoms with Crippen LogP contribution in [0.25, 0.3) is 5.57 Å². The van der Waals surface area contributed by atoms with Crippen LogP contribution >= 0.6 is 23.2 Å². The Bertz CT molecular complexity index is 1090. The van der Waals surface area contributed by atoms with E-state index in [1.54, 1.807) is 48.5 Å². The second-order valence-electron chi connectivity index (χ2n) is 6.17. The van der Waals surface area contributed by atoms with Crippen LogP contribution in [0.5, 0.6) is 0 Å². The average Bonchev–Trinajstić information content (AvgIpc) is 2.93. The summed E-state index contributed by atoms with van der Waals surface area (Å²) in [6.07, 6.45) is 0. The third kappa shape index (κ3) is 3.40. The van der Waals surface area contributed by atoms with E-state index in [4.69, 9.17) is 23.2 Å². The molecule has 0 fully saturated rings. The molecular formula is C22H14Cl2N2O2. The van der Waals surface area contributed by atoms with Crippen LogP contribution in [0, 0.1) is 0 Å². The van der Waals surface area contributed by atoms with E-state index in [9.17, 15) is 9.59 Å². The maximum Gasteiger partial charge on any atom is 0.282 e. The number of carbonyl (C=O) groups excluding carboxylic acids is 2. The van der Waals surface area contributed by atoms with Crippen molar-refractivity contribution in [1.82, 2.24) is 0 Å². The molecule has 3 aromatic rings. The van der Waals surface area contributed by atoms with Crippen molar-refractivity contribution in [3.63, 3.8) is 0 Å². The first kappa shape index (κ1) is 18.3. The summed E-state index contributed by atoms with van der Waals surface area (Å²) in [5.74, 6) is -0.867. The van der Waals surface area contributed by atoms with Gasteiger partial charge < -0.3 is 5.32 Å². The minimum atomic E-state index is -0.443. The van der Waals surface area contributed by atoms with E-state index < -0.39 is 11.8 Å². The molecule has 0 radical (unpaired) electrons. The third-order valence-corrected chi connectivity index (χ3v) is 4.81. The summed E-state index contributed by atoms with van der Waals surface area (Å²) < 4.78 is 0. The van der Waals surface area contributed by atoms with Gasteiger partial charge in [0.15, 0.2) is 0 Å². The van der Waals surface area contributed by atoms with Gasteiger partial charge in [0.2, 0.25) is 0 Å². The Labute approximate surface area is 172 Å². The fourth-order valence-electron chi connectivity index (χ4n) is 3.05. The van der Waals surface area contributed by atoms with Gasteiger partial charge in [0.05, 0.1) is 11.3 Å². The van der Waals surface area contributed by atoms with Gasteiger partial charge in [0.25, 0.3) is 11.8 Å². The molecule has 2 amide bonds. The maximum absolute atomic E-state index is 13.2. The van der Waals surface area contributed by atoms with Gasteiger partial charge in [-0.25, -0.2) is 4.90 Å². The lowest BCUT2D eigenvalue weighted by Gasteiger charge is -2.15. The van der Waals surface area contributed by atoms with Gasteiger partial charge in [-0.05, 0) is 48.0 Å². The fraction of sp³-hybridized carbons (Fsp3) is 0. The van der Waals surface area contributed by atoms with Crippen molar-refractivity contribution in [2.75, 3.05) is 10.2 Å². The average molecular weight is 409 g/mol. The molecule has 28 heavy (non-hydrogen) atoms. The van der Waals surface area contributed by atoms with Crippen LogP contribution in [0.4, 0.5) is 11.4 Å². The van der Waals surface area contributed by atoms with Crippen molar-refractivity contribution < 1.29 is 9.59 Å². The number of nitrogens with zero attached hydrogens (tertiary/aromatic N) is 1. The summed E-state index contributed by atoms with van der Waals surface area (Å²) in [6, 6.07) is 22.7. The molecule has 4 nitrogen and oxygen atoms in total. The highest BCUT2D eigenvalue weighted by Gasteiger charge is 2.40. The molecule has 0 atom stereocenters. The lowest BCUT2D eigenvalue weighted by molar-refractivity contribution is -0.120. The van der Waals surface area contributed by atoms with Crippen LogP contribution in [0.15, 0.2) is 84.6 Å². The van der Waals surface area contributed by atoms with Crippen LogP contribution in [-0.4, -0.2) is 11.8 Å². The molecule has 3 aromatic carbocycles. The largest absolute Gasteiger partial charge is 0.350 e. The van der Waals surface area contributed by atoms with Crippen molar-refractivity contribution in [3.8, 4) is 0 Å². The molecule has 0 spiro atoms. The molecule has 6 heteroatoms. The molecule has 0 bridgehead atoms. The van der Waals surface area contributed by atoms with Gasteiger partial charge in [-0.15, -0.1) is 0 Å². The van der Waals surface area contributed by atoms with Crippen molar-refractivity contribution in [1.29, 1.82) is 0 Å². The molecule has 1 N–H and O–H groups in total. The molecule has 1 heterocycles. The summed E-state index contributed by atoms with van der Waals surface area (Å²) in [7, 11) is 0. The number of hydrogen-bond donors (Lipinski definition) is 1. The number of anilines is 2. The fourth-order valence-corrected chi connectivity index (χ4v) is 3.36. The van der Waals surface area contributed by atoms with E-state index in [0.717, 1.165) is 4.90 Å². The summed E-state index contributed by atoms with van der Waals surface area (Å²) >= 11 is 12.0. The van der Waals surface area contributed by atoms with Crippen LogP contribution in [0.3, 0.4) is 0 Å². The lowest BCUT2D eigenvalue weighted by Crippen LogP contribution is -2.32. The maximum atomic E-state index is 13.2. The second-order valence-corrected chi connectivity index (χ2v) is 7.05. The van der Waals surface area contributed by atoms with Gasteiger partial charge in [0, 0.05) is 15.7 Å². The smallest absolute Gasteiger partial charge is 0.282 e. The zero-order valence-electron chi connectivity index (χ0n) is 14.5. The Morgan fingerprint density at radius 2 is 1.43 bits per heavy atom. The van der Waals surface area contributed by atoms with Crippen molar-refractivity contribution in [3.05, 3.63) is 100 Å². The number of halogens is 2. The van der Waals surface area contributed by atoms with Crippen molar-refractivity contribution >= 4 is 52.0 Å². The Morgan fingerprint density at radius 3 is 2.11 bits per heavy atom. The SMILES string of the molecule is O=C1C(Nc2ccccc2)=C(c2ccc(Cl)cc2)C(=O)N1c1cccc(Cl)c1. The van der Waals surface area contributed by atoms with Crippen molar-refractivity contribution in [2.24, 2.45) is 0 Å². The Hall–Kier alpha value is -3.08. The normalized spacial score (nSPS) is 14.0. The van der Waals surface area contributed by atoms with E-state index >= 15 is 0 Å². The summed E-state index contributed by atoms with van der Waals surface area (Å²) in [5, 5.41) is 4.09. The number of amides is 2. The minimum absolute atomic E-state index is 0.207. The van der Waals surface area contributed by atoms with E-state index in [1.165, 1.54) is 0 Å². The first-order valence-electron chi connectivity index (χ1n) is 8.51. The molecule has 0 saturated heterocycles. The highest BCUT2D eigenvalue weighted by molar-refractivity contribution is 6.46. The van der Waals surface area contributed by atoms with E-state index in [2.05, 4.69) is 5.32 Å². The number of nitrogens with one attached hydrogen (secondary N) is 1. The molecule has 1 aliphatic heterocycles. The zero-order chi connectivity index (χ0) is 19.7. The standard InChI is InChI=1S/C22H14Cl2N2O2/c23-15-11-9-14(10-12-15)19-20(25-17-6-2-1-3-7-17)22(28)26(21(19)27)18-8-4-5-16(24)13-18/h1-13,25H. The quantitative estimate of drug-likeness (QED) is 0.588. The molecule has 0 unspecified atom stereocenters. The number of benzene rings is 3. The van der Waals surface area contributed by atoms with Crippen molar-refractivity contribution in [2.45, 2.75) is 0 Å². The number of carbonyl (C=O) groups is 2. The van der Waals surface area contributed by atoms with E-state index in [-0.39, 0.29) is 11.3 Å². The third-order valence-electron chi connectivity index (χ3n) is 4.33. The molecule has 4 rings (SSSR count). The molecule has 138 valence electrons. The second kappa shape index (κ2) is 7.50. The van der Waals surface area contributed by atoms with Gasteiger partial charge in [-0.1, -0.05) is 59.6 Å². The first-order chi connectivity index (χ1) is 13.5. The predicted octanol–water partition coefficient (Wildman–Crippen LogP) is 5.39. The number of rotatable bonds is 4. The van der Waals surface area contributed by atoms with Gasteiger partial charge in [-0.2, -0.15) is 0 Å². The Kier molecular flexibility index (Phi) is 4.90. The van der Waals surface area contributed by atoms with Crippen LogP contribution < -0.4 is 10.2 Å². The Morgan fingerprint density at radius 1 is 0.714 bits per heavy atom. The molecular weight excluding hydrogens is 395 g/mol. The van der Waals surface area contributed by atoms with Gasteiger partial charge in [-0.3, -0.25) is 9.59 Å². The monoisotopic (exact) mass is 408 g/mol. The van der Waals surface area contributed by atoms with E-state index in [0.29, 0.717) is 27.0 Å². The minimum Gasteiger partial charge on any atom is -0.350 e. The predicted molar refractivity (Wildman–Crippen MR) is 112 cm³/mol. The van der Waals surface area contributed by atoms with Gasteiger partial charge >= 0.3 is 0 Å². The summed E-state index contributed by atoms with van der Waals surface area (Å²) in [4.78, 5) is 27.6. The van der Waals surface area contributed by atoms with Crippen LogP contribution in [-0.2, 0) is 9.59 Å². The number of imide groups is 1. The summed E-state index contributed by atoms with van der Waals surface area (Å²) in [5.41, 5.74) is 2.21. The topological polar surface area (TPSA) is 49.4 Å². The van der Waals surface area contributed by atoms with Crippen LogP contribution in [0.2, 0.25) is 10.0 Å².